The van der Waals surface area contributed by atoms with Gasteiger partial charge in [0.1, 0.15) is 22.5 Å². The summed E-state index contributed by atoms with van der Waals surface area (Å²) in [4.78, 5) is 35.6. The van der Waals surface area contributed by atoms with E-state index >= 15 is 0 Å². The molecular formula is C35H41N9O4S. The first kappa shape index (κ1) is 31.9. The Kier molecular flexibility index (Phi) is 8.16. The lowest BCUT2D eigenvalue weighted by atomic mass is 9.63. The summed E-state index contributed by atoms with van der Waals surface area (Å²) in [6.45, 7) is 4.79. The number of nitrogens with zero attached hydrogens (tertiary/aromatic N) is 7. The number of hydrogen-bond donors (Lipinski definition) is 2. The Hall–Kier alpha value is -4.32. The molecule has 256 valence electrons. The molecule has 2 aliphatic heterocycles. The summed E-state index contributed by atoms with van der Waals surface area (Å²) in [6, 6.07) is 4.27. The Morgan fingerprint density at radius 2 is 2.10 bits per heavy atom. The molecule has 1 amide bonds. The number of anilines is 1. The number of nitrogens with two attached hydrogens (primary N) is 1. The number of likely N-dealkylation sites (tertiary alicyclic amines) is 1. The molecule has 14 heteroatoms. The summed E-state index contributed by atoms with van der Waals surface area (Å²) in [6.07, 6.45) is 11.6. The predicted molar refractivity (Wildman–Crippen MR) is 183 cm³/mol. The van der Waals surface area contributed by atoms with Crippen LogP contribution < -0.4 is 16.6 Å². The Balaban J connectivity index is 1.21. The second kappa shape index (κ2) is 12.5. The molecule has 2 fully saturated rings. The van der Waals surface area contributed by atoms with Gasteiger partial charge in [-0.2, -0.15) is 10.4 Å². The van der Waals surface area contributed by atoms with Crippen LogP contribution in [0.4, 0.5) is 5.00 Å². The van der Waals surface area contributed by atoms with E-state index in [4.69, 9.17) is 20.0 Å². The van der Waals surface area contributed by atoms with Crippen LogP contribution in [0.2, 0.25) is 0 Å². The van der Waals surface area contributed by atoms with Gasteiger partial charge in [-0.05, 0) is 88.9 Å². The minimum absolute atomic E-state index is 0.0665. The highest BCUT2D eigenvalue weighted by molar-refractivity contribution is 7.16. The number of nitrogen functional groups attached to an aromatic ring is 1. The molecule has 6 heterocycles. The molecule has 2 aliphatic carbocycles. The highest BCUT2D eigenvalue weighted by Gasteiger charge is 2.48. The van der Waals surface area contributed by atoms with Crippen molar-refractivity contribution in [1.82, 2.24) is 34.7 Å². The Labute approximate surface area is 288 Å². The number of fused-ring (bicyclic) bond motifs is 4. The van der Waals surface area contributed by atoms with E-state index in [1.165, 1.54) is 16.0 Å². The van der Waals surface area contributed by atoms with Crippen LogP contribution in [0.5, 0.6) is 0 Å². The fourth-order valence-corrected chi connectivity index (χ4v) is 9.89. The molecule has 3 N–H and O–H groups in total. The summed E-state index contributed by atoms with van der Waals surface area (Å²) in [5, 5.41) is 22.8. The van der Waals surface area contributed by atoms with Gasteiger partial charge in [-0.1, -0.05) is 12.1 Å². The van der Waals surface area contributed by atoms with Gasteiger partial charge in [-0.3, -0.25) is 9.59 Å². The third-order valence-corrected chi connectivity index (χ3v) is 12.2. The van der Waals surface area contributed by atoms with E-state index in [1.807, 2.05) is 0 Å². The molecule has 2 saturated heterocycles. The Morgan fingerprint density at radius 3 is 2.86 bits per heavy atom. The molecule has 4 aromatic rings. The molecule has 1 spiro atoms. The molecule has 13 nitrogen and oxygen atoms in total. The largest absolute Gasteiger partial charge is 0.389 e. The zero-order valence-electron chi connectivity index (χ0n) is 27.9. The molecule has 0 aromatic carbocycles. The average Bonchev–Trinajstić information content (AvgIpc) is 3.93. The number of rotatable bonds is 7. The summed E-state index contributed by atoms with van der Waals surface area (Å²) >= 11 is 1.51. The third kappa shape index (κ3) is 5.39. The van der Waals surface area contributed by atoms with E-state index in [-0.39, 0.29) is 34.9 Å². The SMILES string of the molecule is C[C@H](Cn1cc(-c2noc3c2CCCC32CCCc3sc(N)c(C#N)c32)nc(-n2ccc(C(=O)N[C@H]3CCOC3)n2)c1=O)[C@@H]1CCCN1C. The smallest absolute Gasteiger partial charge is 0.295 e. The standard InChI is InChI=1S/C35H41N9O4S/c1-20(26-7-5-13-42(26)2)17-43-18-25(39-32(34(43)46)44-14-9-24(40-44)33(45)38-21-10-15-47-19-21)29-22-6-3-11-35(30(22)48-41-29)12-4-8-27-28(35)23(16-36)31(37)49-27/h9,14,18,20-21,26H,3-8,10-13,15,17,19,37H2,1-2H3,(H,38,45)/t20-,21+,26+,35?/m1/s1. The van der Waals surface area contributed by atoms with Gasteiger partial charge in [-0.15, -0.1) is 11.3 Å². The number of aryl methyl sites for hydroxylation is 1. The molecule has 8 rings (SSSR count). The summed E-state index contributed by atoms with van der Waals surface area (Å²) < 4.78 is 14.8. The zero-order chi connectivity index (χ0) is 33.9. The van der Waals surface area contributed by atoms with Gasteiger partial charge in [0.25, 0.3) is 11.5 Å². The van der Waals surface area contributed by atoms with Crippen LogP contribution in [0.1, 0.15) is 89.7 Å². The first-order valence-corrected chi connectivity index (χ1v) is 18.2. The minimum atomic E-state index is -0.473. The van der Waals surface area contributed by atoms with E-state index < -0.39 is 5.41 Å². The highest BCUT2D eigenvalue weighted by atomic mass is 32.1. The van der Waals surface area contributed by atoms with Gasteiger partial charge in [0, 0.05) is 42.0 Å². The quantitative estimate of drug-likeness (QED) is 0.292. The molecule has 1 unspecified atom stereocenters. The van der Waals surface area contributed by atoms with E-state index in [0.29, 0.717) is 47.8 Å². The predicted octanol–water partition coefficient (Wildman–Crippen LogP) is 3.81. The van der Waals surface area contributed by atoms with Crippen molar-refractivity contribution in [3.05, 3.63) is 61.8 Å². The van der Waals surface area contributed by atoms with Crippen LogP contribution in [0.25, 0.3) is 17.2 Å². The first-order chi connectivity index (χ1) is 23.8. The van der Waals surface area contributed by atoms with Crippen molar-refractivity contribution in [1.29, 1.82) is 5.26 Å². The molecule has 4 aliphatic rings. The number of nitrogens with one attached hydrogen (secondary N) is 1. The lowest BCUT2D eigenvalue weighted by Gasteiger charge is -2.39. The molecule has 4 atom stereocenters. The van der Waals surface area contributed by atoms with Gasteiger partial charge in [0.05, 0.1) is 23.6 Å². The second-order valence-corrected chi connectivity index (χ2v) is 15.3. The molecule has 4 aromatic heterocycles. The van der Waals surface area contributed by atoms with Crippen molar-refractivity contribution < 1.29 is 14.1 Å². The van der Waals surface area contributed by atoms with Gasteiger partial charge >= 0.3 is 0 Å². The maximum Gasteiger partial charge on any atom is 0.295 e. The average molecular weight is 684 g/mol. The van der Waals surface area contributed by atoms with Crippen molar-refractivity contribution in [3.63, 3.8) is 0 Å². The molecule has 49 heavy (non-hydrogen) atoms. The number of carbonyl (C=O) groups is 1. The number of thiophene rings is 1. The summed E-state index contributed by atoms with van der Waals surface area (Å²) in [5.74, 6) is 0.744. The summed E-state index contributed by atoms with van der Waals surface area (Å²) in [7, 11) is 2.14. The molecular weight excluding hydrogens is 643 g/mol. The van der Waals surface area contributed by atoms with E-state index in [0.717, 1.165) is 86.1 Å². The molecule has 0 radical (unpaired) electrons. The Bertz CT molecular complexity index is 2010. The van der Waals surface area contributed by atoms with Crippen molar-refractivity contribution in [3.8, 4) is 23.3 Å². The number of aromatic nitrogens is 5. The Morgan fingerprint density at radius 1 is 1.27 bits per heavy atom. The number of nitriles is 1. The van der Waals surface area contributed by atoms with Crippen molar-refractivity contribution in [2.45, 2.75) is 88.8 Å². The van der Waals surface area contributed by atoms with Crippen molar-refractivity contribution >= 4 is 22.2 Å². The number of hydrogen-bond acceptors (Lipinski definition) is 11. The fourth-order valence-electron chi connectivity index (χ4n) is 8.72. The lowest BCUT2D eigenvalue weighted by Crippen LogP contribution is -2.37. The number of carbonyl (C=O) groups excluding carboxylic acids is 1. The molecule has 0 bridgehead atoms. The van der Waals surface area contributed by atoms with Crippen LogP contribution in [0.15, 0.2) is 27.8 Å². The number of ether oxygens (including phenoxy) is 1. The second-order valence-electron chi connectivity index (χ2n) is 14.1. The van der Waals surface area contributed by atoms with Crippen molar-refractivity contribution in [2.75, 3.05) is 32.5 Å². The molecule has 0 saturated carbocycles. The van der Waals surface area contributed by atoms with Gasteiger partial charge in [0.2, 0.25) is 5.82 Å². The maximum absolute atomic E-state index is 14.1. The van der Waals surface area contributed by atoms with E-state index in [2.05, 4.69) is 40.5 Å². The zero-order valence-corrected chi connectivity index (χ0v) is 28.7. The van der Waals surface area contributed by atoms with E-state index in [1.54, 1.807) is 23.0 Å². The third-order valence-electron chi connectivity index (χ3n) is 11.1. The topological polar surface area (TPSA) is 170 Å². The van der Waals surface area contributed by atoms with E-state index in [9.17, 15) is 14.9 Å². The van der Waals surface area contributed by atoms with Crippen LogP contribution in [0.3, 0.4) is 0 Å². The normalized spacial score (nSPS) is 24.1. The summed E-state index contributed by atoms with van der Waals surface area (Å²) in [5.41, 5.74) is 9.41. The number of amides is 1. The monoisotopic (exact) mass is 683 g/mol. The fraction of sp³-hybridized carbons (Fsp3) is 0.543. The first-order valence-electron chi connectivity index (χ1n) is 17.3. The minimum Gasteiger partial charge on any atom is -0.389 e. The van der Waals surface area contributed by atoms with Gasteiger partial charge in [0.15, 0.2) is 11.5 Å². The van der Waals surface area contributed by atoms with Crippen LogP contribution in [-0.2, 0) is 29.5 Å². The van der Waals surface area contributed by atoms with Crippen LogP contribution in [0, 0.1) is 17.2 Å². The highest BCUT2D eigenvalue weighted by Crippen LogP contribution is 2.55. The van der Waals surface area contributed by atoms with Gasteiger partial charge < -0.3 is 29.8 Å². The van der Waals surface area contributed by atoms with Crippen LogP contribution >= 0.6 is 11.3 Å². The van der Waals surface area contributed by atoms with Crippen molar-refractivity contribution in [2.24, 2.45) is 5.92 Å². The van der Waals surface area contributed by atoms with Gasteiger partial charge in [-0.25, -0.2) is 9.67 Å². The van der Waals surface area contributed by atoms with Crippen LogP contribution in [-0.4, -0.2) is 74.2 Å². The lowest BCUT2D eigenvalue weighted by molar-refractivity contribution is 0.0924. The maximum atomic E-state index is 14.1.